The van der Waals surface area contributed by atoms with Crippen LogP contribution >= 0.6 is 0 Å². The first-order valence-electron chi connectivity index (χ1n) is 5.53. The van der Waals surface area contributed by atoms with E-state index in [1.807, 2.05) is 32.9 Å². The molecule has 0 saturated heterocycles. The van der Waals surface area contributed by atoms with Gasteiger partial charge in [-0.15, -0.1) is 0 Å². The first kappa shape index (κ1) is 12.5. The Balaban J connectivity index is 2.60. The molecule has 0 fully saturated rings. The zero-order valence-electron chi connectivity index (χ0n) is 10.2. The lowest BCUT2D eigenvalue weighted by Crippen LogP contribution is -2.22. The molecule has 1 aromatic heterocycles. The topological polar surface area (TPSA) is 45.8 Å². The van der Waals surface area contributed by atoms with Crippen LogP contribution in [0.25, 0.3) is 0 Å². The zero-order chi connectivity index (χ0) is 12.2. The van der Waals surface area contributed by atoms with E-state index in [1.165, 1.54) is 0 Å². The average Bonchev–Trinajstić information content (AvgIpc) is 2.24. The number of hydrogen-bond donors (Lipinski definition) is 0. The molecule has 0 saturated carbocycles. The third-order valence-corrected chi connectivity index (χ3v) is 2.71. The monoisotopic (exact) mass is 218 g/mol. The summed E-state index contributed by atoms with van der Waals surface area (Å²) in [6.07, 6.45) is 3.46. The molecule has 0 aliphatic heterocycles. The van der Waals surface area contributed by atoms with Crippen LogP contribution in [0.5, 0.6) is 0 Å². The summed E-state index contributed by atoms with van der Waals surface area (Å²) < 4.78 is 1.71. The molecule has 16 heavy (non-hydrogen) atoms. The molecule has 0 bridgehead atoms. The van der Waals surface area contributed by atoms with Crippen molar-refractivity contribution < 1.29 is 0 Å². The van der Waals surface area contributed by atoms with Gasteiger partial charge in [0.2, 0.25) is 0 Å². The van der Waals surface area contributed by atoms with Crippen molar-refractivity contribution in [3.63, 3.8) is 0 Å². The molecule has 86 valence electrons. The van der Waals surface area contributed by atoms with Crippen LogP contribution in [0.2, 0.25) is 0 Å². The average molecular weight is 218 g/mol. The van der Waals surface area contributed by atoms with Gasteiger partial charge < -0.3 is 4.57 Å². The molecule has 0 aliphatic carbocycles. The molecule has 0 aliphatic rings. The smallest absolute Gasteiger partial charge is 0.253 e. The van der Waals surface area contributed by atoms with Crippen molar-refractivity contribution in [1.29, 1.82) is 5.26 Å². The number of pyridine rings is 1. The second-order valence-electron chi connectivity index (χ2n) is 4.79. The molecule has 3 heteroatoms. The fraction of sp³-hybridized carbons (Fsp3) is 0.538. The van der Waals surface area contributed by atoms with E-state index in [-0.39, 0.29) is 11.0 Å². The lowest BCUT2D eigenvalue weighted by molar-refractivity contribution is 0.413. The third-order valence-electron chi connectivity index (χ3n) is 2.71. The molecule has 3 nitrogen and oxygen atoms in total. The summed E-state index contributed by atoms with van der Waals surface area (Å²) in [5.74, 6) is 0. The van der Waals surface area contributed by atoms with Gasteiger partial charge in [0.05, 0.1) is 11.5 Å². The van der Waals surface area contributed by atoms with Gasteiger partial charge in [0.1, 0.15) is 0 Å². The van der Waals surface area contributed by atoms with Crippen molar-refractivity contribution in [2.75, 3.05) is 0 Å². The van der Waals surface area contributed by atoms with E-state index in [9.17, 15) is 4.79 Å². The summed E-state index contributed by atoms with van der Waals surface area (Å²) in [7, 11) is 0. The lowest BCUT2D eigenvalue weighted by Gasteiger charge is -2.15. The van der Waals surface area contributed by atoms with Crippen molar-refractivity contribution in [3.8, 4) is 6.07 Å². The summed E-state index contributed by atoms with van der Waals surface area (Å²) in [4.78, 5) is 11.7. The standard InChI is InChI=1S/C13H18N2O/c1-11-6-4-8-15(12(11)16)9-5-7-13(2,3)10-14/h4,6,8H,5,7,9H2,1-3H3. The van der Waals surface area contributed by atoms with Crippen LogP contribution in [0.15, 0.2) is 23.1 Å². The van der Waals surface area contributed by atoms with Crippen LogP contribution in [-0.4, -0.2) is 4.57 Å². The molecule has 0 radical (unpaired) electrons. The van der Waals surface area contributed by atoms with E-state index in [0.29, 0.717) is 6.54 Å². The molecular weight excluding hydrogens is 200 g/mol. The fourth-order valence-electron chi connectivity index (χ4n) is 1.58. The van der Waals surface area contributed by atoms with Crippen molar-refractivity contribution in [3.05, 3.63) is 34.2 Å². The third kappa shape index (κ3) is 3.23. The predicted octanol–water partition coefficient (Wildman–Crippen LogP) is 2.49. The van der Waals surface area contributed by atoms with E-state index >= 15 is 0 Å². The van der Waals surface area contributed by atoms with E-state index in [2.05, 4.69) is 6.07 Å². The van der Waals surface area contributed by atoms with Gasteiger partial charge in [-0.1, -0.05) is 6.07 Å². The lowest BCUT2D eigenvalue weighted by atomic mass is 9.90. The molecule has 0 N–H and O–H groups in total. The first-order chi connectivity index (χ1) is 7.46. The zero-order valence-corrected chi connectivity index (χ0v) is 10.2. The van der Waals surface area contributed by atoms with Gasteiger partial charge in [-0.3, -0.25) is 4.79 Å². The van der Waals surface area contributed by atoms with Gasteiger partial charge >= 0.3 is 0 Å². The van der Waals surface area contributed by atoms with E-state index in [1.54, 1.807) is 10.8 Å². The van der Waals surface area contributed by atoms with Crippen LogP contribution in [0, 0.1) is 23.7 Å². The van der Waals surface area contributed by atoms with Crippen molar-refractivity contribution >= 4 is 0 Å². The second-order valence-corrected chi connectivity index (χ2v) is 4.79. The van der Waals surface area contributed by atoms with Crippen LogP contribution in [-0.2, 0) is 6.54 Å². The number of hydrogen-bond acceptors (Lipinski definition) is 2. The molecule has 0 atom stereocenters. The minimum atomic E-state index is -0.298. The number of aromatic nitrogens is 1. The van der Waals surface area contributed by atoms with Gasteiger partial charge in [0, 0.05) is 18.3 Å². The number of nitriles is 1. The van der Waals surface area contributed by atoms with Crippen LogP contribution in [0.3, 0.4) is 0 Å². The summed E-state index contributed by atoms with van der Waals surface area (Å²) in [6, 6.07) is 5.96. The predicted molar refractivity (Wildman–Crippen MR) is 64.1 cm³/mol. The first-order valence-corrected chi connectivity index (χ1v) is 5.53. The van der Waals surface area contributed by atoms with Crippen molar-refractivity contribution in [2.24, 2.45) is 5.41 Å². The minimum Gasteiger partial charge on any atom is -0.315 e. The maximum atomic E-state index is 11.7. The Morgan fingerprint density at radius 1 is 1.50 bits per heavy atom. The van der Waals surface area contributed by atoms with Crippen molar-refractivity contribution in [2.45, 2.75) is 40.2 Å². The Bertz CT molecular complexity index is 452. The highest BCUT2D eigenvalue weighted by molar-refractivity contribution is 5.07. The van der Waals surface area contributed by atoms with E-state index in [4.69, 9.17) is 5.26 Å². The fourth-order valence-corrected chi connectivity index (χ4v) is 1.58. The molecule has 1 heterocycles. The molecule has 0 spiro atoms. The molecule has 1 aromatic rings. The molecule has 1 rings (SSSR count). The summed E-state index contributed by atoms with van der Waals surface area (Å²) in [6.45, 7) is 6.35. The summed E-state index contributed by atoms with van der Waals surface area (Å²) >= 11 is 0. The number of aryl methyl sites for hydroxylation is 2. The quantitative estimate of drug-likeness (QED) is 0.779. The second kappa shape index (κ2) is 4.98. The normalized spacial score (nSPS) is 11.1. The highest BCUT2D eigenvalue weighted by Gasteiger charge is 2.15. The Morgan fingerprint density at radius 3 is 2.81 bits per heavy atom. The van der Waals surface area contributed by atoms with Crippen molar-refractivity contribution in [1.82, 2.24) is 4.57 Å². The molecular formula is C13H18N2O. The molecule has 0 amide bonds. The van der Waals surface area contributed by atoms with Gasteiger partial charge in [-0.05, 0) is 39.7 Å². The largest absolute Gasteiger partial charge is 0.315 e. The SMILES string of the molecule is Cc1cccn(CCCC(C)(C)C#N)c1=O. The van der Waals surface area contributed by atoms with Gasteiger partial charge in [-0.2, -0.15) is 5.26 Å². The highest BCUT2D eigenvalue weighted by atomic mass is 16.1. The highest BCUT2D eigenvalue weighted by Crippen LogP contribution is 2.20. The van der Waals surface area contributed by atoms with Gasteiger partial charge in [0.25, 0.3) is 5.56 Å². The van der Waals surface area contributed by atoms with Gasteiger partial charge in [0.15, 0.2) is 0 Å². The summed E-state index contributed by atoms with van der Waals surface area (Å²) in [5.41, 5.74) is 0.535. The van der Waals surface area contributed by atoms with Gasteiger partial charge in [-0.25, -0.2) is 0 Å². The van der Waals surface area contributed by atoms with E-state index < -0.39 is 0 Å². The number of nitrogens with zero attached hydrogens (tertiary/aromatic N) is 2. The summed E-state index contributed by atoms with van der Waals surface area (Å²) in [5, 5.41) is 8.87. The Kier molecular flexibility index (Phi) is 3.89. The minimum absolute atomic E-state index is 0.0669. The maximum absolute atomic E-state index is 11.7. The number of rotatable bonds is 4. The van der Waals surface area contributed by atoms with E-state index in [0.717, 1.165) is 18.4 Å². The van der Waals surface area contributed by atoms with Crippen LogP contribution < -0.4 is 5.56 Å². The molecule has 0 unspecified atom stereocenters. The van der Waals surface area contributed by atoms with Crippen LogP contribution in [0.4, 0.5) is 0 Å². The Labute approximate surface area is 96.3 Å². The van der Waals surface area contributed by atoms with Crippen LogP contribution in [0.1, 0.15) is 32.3 Å². The Hall–Kier alpha value is -1.56. The Morgan fingerprint density at radius 2 is 2.19 bits per heavy atom. The maximum Gasteiger partial charge on any atom is 0.253 e. The molecule has 0 aromatic carbocycles.